The largest absolute Gasteiger partial charge is 0.244 e. The summed E-state index contributed by atoms with van der Waals surface area (Å²) in [4.78, 5) is 9.82. The highest BCUT2D eigenvalue weighted by Crippen LogP contribution is 2.34. The van der Waals surface area contributed by atoms with Crippen LogP contribution < -0.4 is 0 Å². The third kappa shape index (κ3) is 5.06. The van der Waals surface area contributed by atoms with Gasteiger partial charge in [0.05, 0.1) is 42.9 Å². The maximum absolute atomic E-state index is 6.46. The van der Waals surface area contributed by atoms with Crippen LogP contribution in [0.15, 0.2) is 107 Å². The second-order valence-corrected chi connectivity index (χ2v) is 8.37. The van der Waals surface area contributed by atoms with Crippen molar-refractivity contribution in [2.45, 2.75) is 0 Å². The average Bonchev–Trinajstić information content (AvgIpc) is 2.82. The predicted molar refractivity (Wildman–Crippen MR) is 138 cm³/mol. The van der Waals surface area contributed by atoms with E-state index in [9.17, 15) is 0 Å². The number of hydrogen-bond acceptors (Lipinski definition) is 2. The predicted octanol–water partition coefficient (Wildman–Crippen LogP) is 9.24. The molecule has 0 aliphatic heterocycles. The van der Waals surface area contributed by atoms with Crippen LogP contribution >= 0.6 is 46.4 Å². The lowest BCUT2D eigenvalue weighted by Gasteiger charge is -2.13. The number of benzene rings is 4. The van der Waals surface area contributed by atoms with Crippen LogP contribution in [0.4, 0.5) is 11.4 Å². The normalized spacial score (nSPS) is 12.1. The Hall–Kier alpha value is -2.62. The molecular weight excluding hydrogens is 482 g/mol. The number of hydrogen-bond donors (Lipinski definition) is 0. The van der Waals surface area contributed by atoms with Crippen LogP contribution in [0.5, 0.6) is 0 Å². The summed E-state index contributed by atoms with van der Waals surface area (Å²) in [5, 5.41) is 1.60. The summed E-state index contributed by atoms with van der Waals surface area (Å²) in [5.74, 6) is 0. The van der Waals surface area contributed by atoms with Gasteiger partial charge in [-0.15, -0.1) is 0 Å². The number of aliphatic imine (C=N–C) groups is 2. The molecule has 0 saturated heterocycles. The van der Waals surface area contributed by atoms with E-state index in [0.29, 0.717) is 42.9 Å². The number of nitrogens with zero attached hydrogens (tertiary/aromatic N) is 2. The van der Waals surface area contributed by atoms with E-state index in [1.165, 1.54) is 0 Å². The van der Waals surface area contributed by atoms with Crippen LogP contribution in [-0.4, -0.2) is 11.4 Å². The maximum atomic E-state index is 6.46. The Balaban J connectivity index is 2.02. The molecule has 6 heteroatoms. The monoisotopic (exact) mass is 496 g/mol. The fraction of sp³-hybridized carbons (Fsp3) is 0. The van der Waals surface area contributed by atoms with Crippen molar-refractivity contribution in [2.24, 2.45) is 9.98 Å². The third-order valence-electron chi connectivity index (χ3n) is 4.65. The molecule has 32 heavy (non-hydrogen) atoms. The molecule has 4 aromatic rings. The molecule has 4 rings (SSSR count). The van der Waals surface area contributed by atoms with Crippen LogP contribution in [0.1, 0.15) is 11.1 Å². The van der Waals surface area contributed by atoms with Gasteiger partial charge in [-0.2, -0.15) is 0 Å². The van der Waals surface area contributed by atoms with Crippen LogP contribution in [0.2, 0.25) is 20.1 Å². The van der Waals surface area contributed by atoms with Gasteiger partial charge in [0.2, 0.25) is 0 Å². The number of halogens is 4. The fourth-order valence-electron chi connectivity index (χ4n) is 3.10. The van der Waals surface area contributed by atoms with Gasteiger partial charge in [0, 0.05) is 11.1 Å². The van der Waals surface area contributed by atoms with E-state index in [1.54, 1.807) is 12.1 Å². The van der Waals surface area contributed by atoms with Crippen LogP contribution in [0.3, 0.4) is 0 Å². The van der Waals surface area contributed by atoms with Crippen molar-refractivity contribution in [3.8, 4) is 0 Å². The molecule has 2 nitrogen and oxygen atoms in total. The lowest BCUT2D eigenvalue weighted by atomic mass is 9.99. The molecule has 0 radical (unpaired) electrons. The second-order valence-electron chi connectivity index (χ2n) is 6.80. The Morgan fingerprint density at radius 3 is 1.19 bits per heavy atom. The van der Waals surface area contributed by atoms with Crippen LogP contribution in [0, 0.1) is 0 Å². The van der Waals surface area contributed by atoms with Crippen molar-refractivity contribution in [3.63, 3.8) is 0 Å². The first-order valence-electron chi connectivity index (χ1n) is 9.71. The highest BCUT2D eigenvalue weighted by atomic mass is 35.5. The smallest absolute Gasteiger partial charge is 0.0972 e. The highest BCUT2D eigenvalue weighted by Gasteiger charge is 2.17. The summed E-state index contributed by atoms with van der Waals surface area (Å²) in [6.45, 7) is 0. The van der Waals surface area contributed by atoms with Gasteiger partial charge in [-0.05, 0) is 24.3 Å². The molecule has 158 valence electrons. The molecule has 0 aromatic heterocycles. The third-order valence-corrected chi connectivity index (χ3v) is 6.26. The lowest BCUT2D eigenvalue weighted by molar-refractivity contribution is 1.47. The van der Waals surface area contributed by atoms with E-state index in [2.05, 4.69) is 0 Å². The summed E-state index contributed by atoms with van der Waals surface area (Å²) in [6, 6.07) is 30.2. The van der Waals surface area contributed by atoms with Crippen molar-refractivity contribution >= 4 is 69.2 Å². The Morgan fingerprint density at radius 1 is 0.438 bits per heavy atom. The van der Waals surface area contributed by atoms with E-state index in [4.69, 9.17) is 56.4 Å². The van der Waals surface area contributed by atoms with Crippen molar-refractivity contribution < 1.29 is 0 Å². The van der Waals surface area contributed by atoms with E-state index in [0.717, 1.165) is 11.1 Å². The summed E-state index contributed by atoms with van der Waals surface area (Å²) in [7, 11) is 0. The average molecular weight is 498 g/mol. The van der Waals surface area contributed by atoms with Gasteiger partial charge in [0.1, 0.15) is 0 Å². The summed E-state index contributed by atoms with van der Waals surface area (Å²) < 4.78 is 0. The van der Waals surface area contributed by atoms with Gasteiger partial charge < -0.3 is 0 Å². The first-order valence-corrected chi connectivity index (χ1v) is 11.2. The molecule has 0 bridgehead atoms. The molecule has 0 unspecified atom stereocenters. The van der Waals surface area contributed by atoms with Crippen molar-refractivity contribution in [2.75, 3.05) is 0 Å². The van der Waals surface area contributed by atoms with E-state index in [-0.39, 0.29) is 0 Å². The van der Waals surface area contributed by atoms with Crippen LogP contribution in [0.25, 0.3) is 0 Å². The summed E-state index contributed by atoms with van der Waals surface area (Å²) >= 11 is 25.4. The SMILES string of the molecule is Clc1cccc(N=C(C(=Nc2cccc(Cl)c2Cl)c2ccccc2)c2ccccc2)c1Cl. The standard InChI is InChI=1S/C26H16Cl4N2/c27-19-13-7-15-21(23(19)29)31-25(17-9-3-1-4-10-17)26(18-11-5-2-6-12-18)32-22-16-8-14-20(28)24(22)30/h1-16H. The van der Waals surface area contributed by atoms with E-state index in [1.807, 2.05) is 84.9 Å². The highest BCUT2D eigenvalue weighted by molar-refractivity contribution is 6.55. The molecular formula is C26H16Cl4N2. The van der Waals surface area contributed by atoms with Gasteiger partial charge in [-0.25, -0.2) is 9.98 Å². The summed E-state index contributed by atoms with van der Waals surface area (Å²) in [5.41, 5.74) is 4.06. The molecule has 0 heterocycles. The Labute approximate surface area is 206 Å². The van der Waals surface area contributed by atoms with E-state index >= 15 is 0 Å². The fourth-order valence-corrected chi connectivity index (χ4v) is 3.77. The Kier molecular flexibility index (Phi) is 7.29. The second kappa shape index (κ2) is 10.3. The Morgan fingerprint density at radius 2 is 0.812 bits per heavy atom. The van der Waals surface area contributed by atoms with Gasteiger partial charge in [0.15, 0.2) is 0 Å². The molecule has 0 N–H and O–H groups in total. The molecule has 0 saturated carbocycles. The topological polar surface area (TPSA) is 24.7 Å². The molecule has 0 amide bonds. The van der Waals surface area contributed by atoms with Gasteiger partial charge >= 0.3 is 0 Å². The molecule has 0 spiro atoms. The minimum absolute atomic E-state index is 0.371. The molecule has 0 fully saturated rings. The molecule has 0 aliphatic rings. The summed E-state index contributed by atoms with van der Waals surface area (Å²) in [6.07, 6.45) is 0. The van der Waals surface area contributed by atoms with Crippen LogP contribution in [-0.2, 0) is 0 Å². The maximum Gasteiger partial charge on any atom is 0.0972 e. The quantitative estimate of drug-likeness (QED) is 0.245. The van der Waals surface area contributed by atoms with Crippen molar-refractivity contribution in [1.29, 1.82) is 0 Å². The Bertz CT molecular complexity index is 1200. The molecule has 0 atom stereocenters. The van der Waals surface area contributed by atoms with Gasteiger partial charge in [0.25, 0.3) is 0 Å². The van der Waals surface area contributed by atoms with Gasteiger partial charge in [-0.3, -0.25) is 0 Å². The minimum Gasteiger partial charge on any atom is -0.244 e. The minimum atomic E-state index is 0.371. The zero-order valence-electron chi connectivity index (χ0n) is 16.6. The first-order chi connectivity index (χ1) is 15.5. The number of rotatable bonds is 5. The molecule has 0 aliphatic carbocycles. The van der Waals surface area contributed by atoms with E-state index < -0.39 is 0 Å². The molecule has 4 aromatic carbocycles. The van der Waals surface area contributed by atoms with Crippen molar-refractivity contribution in [3.05, 3.63) is 128 Å². The van der Waals surface area contributed by atoms with Gasteiger partial charge in [-0.1, -0.05) is 119 Å². The first kappa shape index (κ1) is 22.6. The lowest BCUT2D eigenvalue weighted by Crippen LogP contribution is -2.17. The zero-order chi connectivity index (χ0) is 22.5. The van der Waals surface area contributed by atoms with Crippen molar-refractivity contribution in [1.82, 2.24) is 0 Å². The zero-order valence-corrected chi connectivity index (χ0v) is 19.7.